The Labute approximate surface area is 131 Å². The van der Waals surface area contributed by atoms with Crippen molar-refractivity contribution < 1.29 is 4.79 Å². The fraction of sp³-hybridized carbons (Fsp3) is 0.444. The highest BCUT2D eigenvalue weighted by atomic mass is 16.2. The zero-order chi connectivity index (χ0) is 16.1. The number of hydrogen-bond acceptors (Lipinski definition) is 2. The van der Waals surface area contributed by atoms with E-state index >= 15 is 0 Å². The van der Waals surface area contributed by atoms with Crippen LogP contribution in [-0.4, -0.2) is 15.3 Å². The summed E-state index contributed by atoms with van der Waals surface area (Å²) in [5.74, 6) is 0.475. The molecule has 0 aliphatic heterocycles. The second kappa shape index (κ2) is 4.97. The quantitative estimate of drug-likeness (QED) is 0.875. The first-order valence-electron chi connectivity index (χ1n) is 7.70. The molecule has 2 aromatic rings. The minimum atomic E-state index is 0.0387. The fourth-order valence-electron chi connectivity index (χ4n) is 3.26. The van der Waals surface area contributed by atoms with Gasteiger partial charge in [-0.15, -0.1) is 0 Å². The molecule has 4 nitrogen and oxygen atoms in total. The van der Waals surface area contributed by atoms with Crippen LogP contribution in [0.4, 0.5) is 5.69 Å². The minimum absolute atomic E-state index is 0.0387. The number of imidazole rings is 1. The summed E-state index contributed by atoms with van der Waals surface area (Å²) in [6.07, 6.45) is 6.09. The lowest BCUT2D eigenvalue weighted by Crippen LogP contribution is -2.17. The van der Waals surface area contributed by atoms with Gasteiger partial charge in [0.2, 0.25) is 5.91 Å². The second-order valence-electron chi connectivity index (χ2n) is 7.12. The van der Waals surface area contributed by atoms with Gasteiger partial charge in [-0.2, -0.15) is 0 Å². The molecule has 2 atom stereocenters. The van der Waals surface area contributed by atoms with Gasteiger partial charge in [-0.25, -0.2) is 4.98 Å². The number of rotatable bonds is 3. The lowest BCUT2D eigenvalue weighted by atomic mass is 10.1. The number of aromatic nitrogens is 2. The molecular formula is C18H23N3O. The Kier molecular flexibility index (Phi) is 3.35. The van der Waals surface area contributed by atoms with Crippen LogP contribution < -0.4 is 5.32 Å². The topological polar surface area (TPSA) is 46.4 Å². The van der Waals surface area contributed by atoms with E-state index in [1.54, 1.807) is 0 Å². The van der Waals surface area contributed by atoms with Crippen molar-refractivity contribution in [3.63, 3.8) is 0 Å². The van der Waals surface area contributed by atoms with Crippen LogP contribution in [0.5, 0.6) is 0 Å². The largest absolute Gasteiger partial charge is 0.324 e. The zero-order valence-electron chi connectivity index (χ0n) is 13.8. The summed E-state index contributed by atoms with van der Waals surface area (Å²) in [5.41, 5.74) is 3.98. The summed E-state index contributed by atoms with van der Waals surface area (Å²) in [7, 11) is 0. The van der Waals surface area contributed by atoms with Crippen molar-refractivity contribution in [1.29, 1.82) is 0 Å². The van der Waals surface area contributed by atoms with Crippen LogP contribution in [0.1, 0.15) is 33.4 Å². The van der Waals surface area contributed by atoms with E-state index in [1.807, 2.05) is 35.9 Å². The molecular weight excluding hydrogens is 274 g/mol. The molecule has 1 amide bonds. The maximum Gasteiger partial charge on any atom is 0.228 e. The molecule has 1 aliphatic carbocycles. The van der Waals surface area contributed by atoms with Crippen molar-refractivity contribution in [2.24, 2.45) is 17.3 Å². The molecule has 3 rings (SSSR count). The number of allylic oxidation sites excluding steroid dienone is 2. The van der Waals surface area contributed by atoms with Gasteiger partial charge < -0.3 is 9.72 Å². The first kappa shape index (κ1) is 14.8. The van der Waals surface area contributed by atoms with Crippen molar-refractivity contribution in [2.75, 3.05) is 5.32 Å². The number of nitrogens with one attached hydrogen (secondary N) is 1. The van der Waals surface area contributed by atoms with Gasteiger partial charge in [0, 0.05) is 12.4 Å². The molecule has 0 radical (unpaired) electrons. The predicted molar refractivity (Wildman–Crippen MR) is 88.8 cm³/mol. The molecule has 0 bridgehead atoms. The maximum atomic E-state index is 12.6. The minimum Gasteiger partial charge on any atom is -0.324 e. The van der Waals surface area contributed by atoms with Crippen LogP contribution in [0.25, 0.3) is 5.65 Å². The molecule has 2 aromatic heterocycles. The zero-order valence-corrected chi connectivity index (χ0v) is 13.8. The van der Waals surface area contributed by atoms with Crippen LogP contribution in [0.2, 0.25) is 0 Å². The third-order valence-electron chi connectivity index (χ3n) is 4.55. The third-order valence-corrected chi connectivity index (χ3v) is 4.55. The van der Waals surface area contributed by atoms with E-state index in [1.165, 1.54) is 5.57 Å². The number of amides is 1. The van der Waals surface area contributed by atoms with E-state index in [2.05, 4.69) is 44.1 Å². The van der Waals surface area contributed by atoms with Crippen molar-refractivity contribution in [1.82, 2.24) is 9.38 Å². The Bertz CT molecular complexity index is 766. The molecule has 0 aromatic carbocycles. The average Bonchev–Trinajstić information content (AvgIpc) is 2.75. The first-order valence-corrected chi connectivity index (χ1v) is 7.70. The van der Waals surface area contributed by atoms with Gasteiger partial charge in [0.25, 0.3) is 0 Å². The molecule has 1 N–H and O–H groups in total. The number of carbonyl (C=O) groups excluding carboxylic acids is 1. The Morgan fingerprint density at radius 3 is 2.73 bits per heavy atom. The van der Waals surface area contributed by atoms with Crippen LogP contribution in [-0.2, 0) is 4.79 Å². The third kappa shape index (κ3) is 2.54. The van der Waals surface area contributed by atoms with E-state index < -0.39 is 0 Å². The van der Waals surface area contributed by atoms with Crippen LogP contribution in [0.15, 0.2) is 36.2 Å². The lowest BCUT2D eigenvalue weighted by molar-refractivity contribution is -0.118. The highest BCUT2D eigenvalue weighted by Crippen LogP contribution is 2.59. The van der Waals surface area contributed by atoms with E-state index in [-0.39, 0.29) is 17.2 Å². The van der Waals surface area contributed by atoms with Crippen molar-refractivity contribution >= 4 is 17.2 Å². The van der Waals surface area contributed by atoms with Crippen LogP contribution in [0, 0.1) is 24.2 Å². The average molecular weight is 297 g/mol. The van der Waals surface area contributed by atoms with Crippen molar-refractivity contribution in [3.8, 4) is 0 Å². The number of hydrogen-bond donors (Lipinski definition) is 1. The van der Waals surface area contributed by atoms with Gasteiger partial charge >= 0.3 is 0 Å². The standard InChI is InChI=1S/C18H23N3O/c1-11(2)8-14-16(18(14,4)5)17(22)20-13-6-7-15-19-12(3)9-21(15)10-13/h6-10,14,16H,1-5H3,(H,20,22). The van der Waals surface area contributed by atoms with E-state index in [0.717, 1.165) is 17.0 Å². The van der Waals surface area contributed by atoms with E-state index in [0.29, 0.717) is 5.92 Å². The predicted octanol–water partition coefficient (Wildman–Crippen LogP) is 3.82. The van der Waals surface area contributed by atoms with Gasteiger partial charge in [0.05, 0.1) is 17.3 Å². The highest BCUT2D eigenvalue weighted by molar-refractivity contribution is 5.95. The van der Waals surface area contributed by atoms with E-state index in [4.69, 9.17) is 0 Å². The van der Waals surface area contributed by atoms with Crippen LogP contribution >= 0.6 is 0 Å². The molecule has 0 spiro atoms. The van der Waals surface area contributed by atoms with Crippen molar-refractivity contribution in [3.05, 3.63) is 41.9 Å². The number of nitrogens with zero attached hydrogens (tertiary/aromatic N) is 2. The van der Waals surface area contributed by atoms with Crippen molar-refractivity contribution in [2.45, 2.75) is 34.6 Å². The molecule has 2 unspecified atom stereocenters. The number of aryl methyl sites for hydroxylation is 1. The molecule has 0 saturated heterocycles. The monoisotopic (exact) mass is 297 g/mol. The molecule has 1 saturated carbocycles. The smallest absolute Gasteiger partial charge is 0.228 e. The molecule has 22 heavy (non-hydrogen) atoms. The van der Waals surface area contributed by atoms with Gasteiger partial charge in [-0.1, -0.05) is 25.5 Å². The summed E-state index contributed by atoms with van der Waals surface area (Å²) in [4.78, 5) is 16.9. The highest BCUT2D eigenvalue weighted by Gasteiger charge is 2.60. The molecule has 4 heteroatoms. The van der Waals surface area contributed by atoms with Crippen LogP contribution in [0.3, 0.4) is 0 Å². The number of pyridine rings is 1. The summed E-state index contributed by atoms with van der Waals surface area (Å²) in [6, 6.07) is 3.83. The summed E-state index contributed by atoms with van der Waals surface area (Å²) in [5, 5.41) is 3.05. The van der Waals surface area contributed by atoms with Gasteiger partial charge in [-0.05, 0) is 44.2 Å². The SMILES string of the molecule is CC(C)=CC1C(C(=O)Nc2ccc3nc(C)cn3c2)C1(C)C. The first-order chi connectivity index (χ1) is 10.3. The summed E-state index contributed by atoms with van der Waals surface area (Å²) in [6.45, 7) is 10.4. The number of carbonyl (C=O) groups is 1. The van der Waals surface area contributed by atoms with Gasteiger partial charge in [0.1, 0.15) is 5.65 Å². The Hall–Kier alpha value is -2.10. The second-order valence-corrected chi connectivity index (χ2v) is 7.12. The molecule has 116 valence electrons. The van der Waals surface area contributed by atoms with Gasteiger partial charge in [0.15, 0.2) is 0 Å². The molecule has 1 aliphatic rings. The maximum absolute atomic E-state index is 12.6. The number of anilines is 1. The molecule has 1 fully saturated rings. The summed E-state index contributed by atoms with van der Waals surface area (Å²) >= 11 is 0. The fourth-order valence-corrected chi connectivity index (χ4v) is 3.26. The Morgan fingerprint density at radius 1 is 1.32 bits per heavy atom. The van der Waals surface area contributed by atoms with Gasteiger partial charge in [-0.3, -0.25) is 4.79 Å². The van der Waals surface area contributed by atoms with E-state index in [9.17, 15) is 4.79 Å². The summed E-state index contributed by atoms with van der Waals surface area (Å²) < 4.78 is 1.94. The lowest BCUT2D eigenvalue weighted by Gasteiger charge is -2.06. The molecule has 2 heterocycles. The number of fused-ring (bicyclic) bond motifs is 1. The normalized spacial score (nSPS) is 22.4. The Balaban J connectivity index is 1.77. The Morgan fingerprint density at radius 2 is 2.05 bits per heavy atom.